The van der Waals surface area contributed by atoms with Crippen LogP contribution in [-0.4, -0.2) is 0 Å². The van der Waals surface area contributed by atoms with Gasteiger partial charge in [-0.2, -0.15) is 0 Å². The lowest BCUT2D eigenvalue weighted by Crippen LogP contribution is -1.86. The third kappa shape index (κ3) is 3.06. The molecular formula is C12H8Cl2FNS. The van der Waals surface area contributed by atoms with Crippen LogP contribution < -0.4 is 5.73 Å². The predicted molar refractivity (Wildman–Crippen MR) is 71.4 cm³/mol. The van der Waals surface area contributed by atoms with Gasteiger partial charge in [0.2, 0.25) is 0 Å². The van der Waals surface area contributed by atoms with E-state index in [2.05, 4.69) is 0 Å². The van der Waals surface area contributed by atoms with E-state index in [0.29, 0.717) is 20.6 Å². The van der Waals surface area contributed by atoms with Gasteiger partial charge in [0, 0.05) is 15.5 Å². The number of halogens is 3. The van der Waals surface area contributed by atoms with Gasteiger partial charge in [-0.15, -0.1) is 0 Å². The van der Waals surface area contributed by atoms with Crippen molar-refractivity contribution in [3.05, 3.63) is 52.3 Å². The van der Waals surface area contributed by atoms with Gasteiger partial charge in [-0.25, -0.2) is 4.39 Å². The molecule has 0 aliphatic carbocycles. The van der Waals surface area contributed by atoms with Crippen molar-refractivity contribution in [2.24, 2.45) is 0 Å². The monoisotopic (exact) mass is 287 g/mol. The summed E-state index contributed by atoms with van der Waals surface area (Å²) in [6.07, 6.45) is 0. The third-order valence-corrected chi connectivity index (χ3v) is 4.03. The highest BCUT2D eigenvalue weighted by atomic mass is 35.5. The predicted octanol–water partition coefficient (Wildman–Crippen LogP) is 4.87. The highest BCUT2D eigenvalue weighted by Gasteiger charge is 2.09. The Kier molecular flexibility index (Phi) is 3.82. The van der Waals surface area contributed by atoms with E-state index in [9.17, 15) is 4.39 Å². The molecule has 0 saturated carbocycles. The van der Waals surface area contributed by atoms with E-state index >= 15 is 0 Å². The first-order chi connectivity index (χ1) is 8.06. The molecule has 5 heteroatoms. The highest BCUT2D eigenvalue weighted by Crippen LogP contribution is 2.39. The van der Waals surface area contributed by atoms with Gasteiger partial charge in [-0.05, 0) is 36.4 Å². The fraction of sp³-hybridized carbons (Fsp3) is 0. The van der Waals surface area contributed by atoms with Gasteiger partial charge >= 0.3 is 0 Å². The summed E-state index contributed by atoms with van der Waals surface area (Å²) in [6.45, 7) is 0. The van der Waals surface area contributed by atoms with Crippen molar-refractivity contribution in [3.63, 3.8) is 0 Å². The molecule has 2 aromatic rings. The Hall–Kier alpha value is -0.900. The van der Waals surface area contributed by atoms with Gasteiger partial charge in [-0.3, -0.25) is 0 Å². The normalized spacial score (nSPS) is 10.5. The fourth-order valence-electron chi connectivity index (χ4n) is 1.30. The van der Waals surface area contributed by atoms with E-state index in [1.165, 1.54) is 23.9 Å². The van der Waals surface area contributed by atoms with Gasteiger partial charge in [0.1, 0.15) is 5.82 Å². The Morgan fingerprint density at radius 2 is 1.53 bits per heavy atom. The Morgan fingerprint density at radius 3 is 2.06 bits per heavy atom. The summed E-state index contributed by atoms with van der Waals surface area (Å²) in [6, 6.07) is 9.40. The molecule has 0 aliphatic rings. The van der Waals surface area contributed by atoms with Crippen LogP contribution >= 0.6 is 35.0 Å². The van der Waals surface area contributed by atoms with E-state index in [-0.39, 0.29) is 5.82 Å². The van der Waals surface area contributed by atoms with Gasteiger partial charge in [0.25, 0.3) is 0 Å². The average molecular weight is 288 g/mol. The maximum Gasteiger partial charge on any atom is 0.123 e. The molecule has 0 atom stereocenters. The van der Waals surface area contributed by atoms with Crippen molar-refractivity contribution in [2.45, 2.75) is 9.79 Å². The Bertz CT molecular complexity index is 520. The Labute approximate surface area is 113 Å². The van der Waals surface area contributed by atoms with Crippen LogP contribution in [0.2, 0.25) is 10.0 Å². The van der Waals surface area contributed by atoms with Gasteiger partial charge in [-0.1, -0.05) is 35.0 Å². The number of rotatable bonds is 2. The van der Waals surface area contributed by atoms with Crippen molar-refractivity contribution in [3.8, 4) is 0 Å². The molecule has 17 heavy (non-hydrogen) atoms. The lowest BCUT2D eigenvalue weighted by Gasteiger charge is -2.07. The zero-order valence-electron chi connectivity index (χ0n) is 8.58. The molecule has 0 amide bonds. The summed E-state index contributed by atoms with van der Waals surface area (Å²) < 4.78 is 12.8. The first kappa shape index (κ1) is 12.6. The maximum atomic E-state index is 12.8. The summed E-state index contributed by atoms with van der Waals surface area (Å²) in [7, 11) is 0. The van der Waals surface area contributed by atoms with Crippen LogP contribution in [0.25, 0.3) is 0 Å². The standard InChI is InChI=1S/C12H8Cl2FNS/c13-10-5-8(16)6-11(14)12(10)17-9-3-1-7(15)2-4-9/h1-6H,16H2. The SMILES string of the molecule is Nc1cc(Cl)c(Sc2ccc(F)cc2)c(Cl)c1. The minimum atomic E-state index is -0.274. The van der Waals surface area contributed by atoms with Gasteiger partial charge < -0.3 is 5.73 Å². The van der Waals surface area contributed by atoms with Crippen molar-refractivity contribution in [1.29, 1.82) is 0 Å². The number of hydrogen-bond donors (Lipinski definition) is 1. The topological polar surface area (TPSA) is 26.0 Å². The van der Waals surface area contributed by atoms with Crippen LogP contribution in [0.5, 0.6) is 0 Å². The van der Waals surface area contributed by atoms with Crippen molar-refractivity contribution >= 4 is 40.7 Å². The molecule has 88 valence electrons. The molecule has 2 rings (SSSR count). The zero-order valence-corrected chi connectivity index (χ0v) is 10.9. The number of benzene rings is 2. The molecule has 0 aromatic heterocycles. The molecule has 0 saturated heterocycles. The molecule has 2 aromatic carbocycles. The molecule has 0 aliphatic heterocycles. The van der Waals surface area contributed by atoms with Crippen LogP contribution in [-0.2, 0) is 0 Å². The second-order valence-corrected chi connectivity index (χ2v) is 5.27. The van der Waals surface area contributed by atoms with Crippen LogP contribution in [0.3, 0.4) is 0 Å². The van der Waals surface area contributed by atoms with Crippen LogP contribution in [0, 0.1) is 5.82 Å². The van der Waals surface area contributed by atoms with E-state index in [1.807, 2.05) is 0 Å². The molecule has 0 bridgehead atoms. The molecule has 0 fully saturated rings. The minimum Gasteiger partial charge on any atom is -0.399 e. The highest BCUT2D eigenvalue weighted by molar-refractivity contribution is 7.99. The second-order valence-electron chi connectivity index (χ2n) is 3.37. The van der Waals surface area contributed by atoms with E-state index in [0.717, 1.165) is 4.90 Å². The van der Waals surface area contributed by atoms with Gasteiger partial charge in [0.15, 0.2) is 0 Å². The van der Waals surface area contributed by atoms with E-state index < -0.39 is 0 Å². The summed E-state index contributed by atoms with van der Waals surface area (Å²) in [5.41, 5.74) is 6.13. The Morgan fingerprint density at radius 1 is 1.00 bits per heavy atom. The number of nitrogens with two attached hydrogens (primary N) is 1. The van der Waals surface area contributed by atoms with Crippen molar-refractivity contribution in [2.75, 3.05) is 5.73 Å². The lowest BCUT2D eigenvalue weighted by molar-refractivity contribution is 0.626. The van der Waals surface area contributed by atoms with Crippen LogP contribution in [0.1, 0.15) is 0 Å². The largest absolute Gasteiger partial charge is 0.399 e. The smallest absolute Gasteiger partial charge is 0.123 e. The average Bonchev–Trinajstić information content (AvgIpc) is 2.26. The van der Waals surface area contributed by atoms with Crippen LogP contribution in [0.15, 0.2) is 46.2 Å². The minimum absolute atomic E-state index is 0.274. The summed E-state index contributed by atoms with van der Waals surface area (Å²) in [5.74, 6) is -0.274. The molecule has 0 heterocycles. The summed E-state index contributed by atoms with van der Waals surface area (Å²) in [5, 5.41) is 0.980. The number of nitrogen functional groups attached to an aromatic ring is 1. The number of anilines is 1. The lowest BCUT2D eigenvalue weighted by atomic mass is 10.3. The molecule has 0 spiro atoms. The van der Waals surface area contributed by atoms with Crippen molar-refractivity contribution in [1.82, 2.24) is 0 Å². The summed E-state index contributed by atoms with van der Waals surface area (Å²) in [4.78, 5) is 1.58. The third-order valence-electron chi connectivity index (χ3n) is 2.05. The maximum absolute atomic E-state index is 12.8. The molecule has 2 N–H and O–H groups in total. The molecule has 1 nitrogen and oxygen atoms in total. The number of hydrogen-bond acceptors (Lipinski definition) is 2. The zero-order chi connectivity index (χ0) is 12.4. The molecular weight excluding hydrogens is 280 g/mol. The summed E-state index contributed by atoms with van der Waals surface area (Å²) >= 11 is 13.5. The van der Waals surface area contributed by atoms with Crippen LogP contribution in [0.4, 0.5) is 10.1 Å². The van der Waals surface area contributed by atoms with E-state index in [4.69, 9.17) is 28.9 Å². The Balaban J connectivity index is 2.33. The van der Waals surface area contributed by atoms with Gasteiger partial charge in [0.05, 0.1) is 10.0 Å². The fourth-order valence-corrected chi connectivity index (χ4v) is 2.85. The quantitative estimate of drug-likeness (QED) is 0.798. The second kappa shape index (κ2) is 5.17. The molecule has 0 radical (unpaired) electrons. The first-order valence-electron chi connectivity index (χ1n) is 4.74. The molecule has 0 unspecified atom stereocenters. The van der Waals surface area contributed by atoms with Crippen molar-refractivity contribution < 1.29 is 4.39 Å². The van der Waals surface area contributed by atoms with E-state index in [1.54, 1.807) is 24.3 Å². The first-order valence-corrected chi connectivity index (χ1v) is 6.31.